The van der Waals surface area contributed by atoms with E-state index < -0.39 is 11.8 Å². The molecule has 2 aromatic carbocycles. The van der Waals surface area contributed by atoms with E-state index in [1.54, 1.807) is 24.3 Å². The number of hydrogen-bond acceptors (Lipinski definition) is 3. The van der Waals surface area contributed by atoms with Crippen LogP contribution >= 0.6 is 0 Å². The van der Waals surface area contributed by atoms with E-state index >= 15 is 0 Å². The maximum atomic E-state index is 12.6. The molecule has 0 fully saturated rings. The Morgan fingerprint density at radius 3 is 2.52 bits per heavy atom. The standard InChI is InChI=1S/C15H10N4O2/c1-9-5-2-3-8-12(9)19-14(20)10-6-4-7-11(17-18-16)13(10)15(19)21/h2-8H,1H3. The predicted octanol–water partition coefficient (Wildman–Crippen LogP) is 3.74. The van der Waals surface area contributed by atoms with Crippen LogP contribution in [0.25, 0.3) is 10.4 Å². The highest BCUT2D eigenvalue weighted by atomic mass is 16.2. The van der Waals surface area contributed by atoms with Crippen molar-refractivity contribution in [3.8, 4) is 0 Å². The number of fused-ring (bicyclic) bond motifs is 1. The van der Waals surface area contributed by atoms with Crippen molar-refractivity contribution >= 4 is 23.2 Å². The maximum Gasteiger partial charge on any atom is 0.266 e. The number of para-hydroxylation sites is 1. The molecule has 102 valence electrons. The van der Waals surface area contributed by atoms with E-state index in [4.69, 9.17) is 5.53 Å². The minimum Gasteiger partial charge on any atom is -0.268 e. The summed E-state index contributed by atoms with van der Waals surface area (Å²) in [4.78, 5) is 28.9. The van der Waals surface area contributed by atoms with E-state index in [9.17, 15) is 9.59 Å². The molecule has 1 heterocycles. The van der Waals surface area contributed by atoms with Crippen LogP contribution in [0.5, 0.6) is 0 Å². The average molecular weight is 278 g/mol. The summed E-state index contributed by atoms with van der Waals surface area (Å²) in [5.74, 6) is -0.869. The van der Waals surface area contributed by atoms with Gasteiger partial charge in [-0.2, -0.15) is 0 Å². The second-order valence-electron chi connectivity index (χ2n) is 4.62. The highest BCUT2D eigenvalue weighted by Crippen LogP contribution is 2.35. The molecule has 0 saturated heterocycles. The van der Waals surface area contributed by atoms with Crippen LogP contribution in [0.1, 0.15) is 26.3 Å². The number of carbonyl (C=O) groups excluding carboxylic acids is 2. The lowest BCUT2D eigenvalue weighted by atomic mass is 10.1. The Bertz CT molecular complexity index is 822. The van der Waals surface area contributed by atoms with Crippen LogP contribution in [0.15, 0.2) is 47.6 Å². The number of benzene rings is 2. The molecule has 21 heavy (non-hydrogen) atoms. The van der Waals surface area contributed by atoms with Gasteiger partial charge in [0.1, 0.15) is 0 Å². The van der Waals surface area contributed by atoms with Crippen molar-refractivity contribution in [2.75, 3.05) is 4.90 Å². The van der Waals surface area contributed by atoms with Gasteiger partial charge in [0.15, 0.2) is 0 Å². The highest BCUT2D eigenvalue weighted by Gasteiger charge is 2.38. The molecule has 6 heteroatoms. The molecule has 6 nitrogen and oxygen atoms in total. The second-order valence-corrected chi connectivity index (χ2v) is 4.62. The second kappa shape index (κ2) is 4.77. The molecular weight excluding hydrogens is 268 g/mol. The molecule has 0 atom stereocenters. The van der Waals surface area contributed by atoms with E-state index in [2.05, 4.69) is 10.0 Å². The first-order chi connectivity index (χ1) is 10.1. The van der Waals surface area contributed by atoms with Crippen molar-refractivity contribution in [1.82, 2.24) is 0 Å². The molecule has 2 aromatic rings. The van der Waals surface area contributed by atoms with Crippen molar-refractivity contribution in [2.45, 2.75) is 6.92 Å². The fourth-order valence-electron chi connectivity index (χ4n) is 2.43. The summed E-state index contributed by atoms with van der Waals surface area (Å²) in [5.41, 5.74) is 10.5. The van der Waals surface area contributed by atoms with Crippen molar-refractivity contribution < 1.29 is 9.59 Å². The fraction of sp³-hybridized carbons (Fsp3) is 0.0667. The van der Waals surface area contributed by atoms with Gasteiger partial charge < -0.3 is 0 Å². The first-order valence-electron chi connectivity index (χ1n) is 6.27. The lowest BCUT2D eigenvalue weighted by molar-refractivity contribution is 0.0926. The fourth-order valence-corrected chi connectivity index (χ4v) is 2.43. The molecule has 0 aliphatic carbocycles. The lowest BCUT2D eigenvalue weighted by Crippen LogP contribution is -2.29. The topological polar surface area (TPSA) is 86.1 Å². The molecule has 0 bridgehead atoms. The zero-order chi connectivity index (χ0) is 15.0. The zero-order valence-electron chi connectivity index (χ0n) is 11.1. The molecule has 0 aromatic heterocycles. The van der Waals surface area contributed by atoms with Crippen molar-refractivity contribution in [3.05, 3.63) is 69.6 Å². The largest absolute Gasteiger partial charge is 0.268 e. The number of hydrogen-bond donors (Lipinski definition) is 0. The number of carbonyl (C=O) groups is 2. The zero-order valence-corrected chi connectivity index (χ0v) is 11.1. The van der Waals surface area contributed by atoms with Crippen LogP contribution < -0.4 is 4.90 Å². The van der Waals surface area contributed by atoms with Crippen LogP contribution in [-0.4, -0.2) is 11.8 Å². The minimum absolute atomic E-state index is 0.156. The third-order valence-electron chi connectivity index (χ3n) is 3.40. The summed E-state index contributed by atoms with van der Waals surface area (Å²) in [5, 5.41) is 3.49. The molecule has 0 radical (unpaired) electrons. The summed E-state index contributed by atoms with van der Waals surface area (Å²) in [6.45, 7) is 1.83. The molecular formula is C15H10N4O2. The predicted molar refractivity (Wildman–Crippen MR) is 77.6 cm³/mol. The van der Waals surface area contributed by atoms with Gasteiger partial charge in [-0.05, 0) is 30.2 Å². The van der Waals surface area contributed by atoms with E-state index in [0.717, 1.165) is 10.5 Å². The van der Waals surface area contributed by atoms with Crippen molar-refractivity contribution in [3.63, 3.8) is 0 Å². The van der Waals surface area contributed by atoms with Gasteiger partial charge in [0.25, 0.3) is 11.8 Å². The Morgan fingerprint density at radius 1 is 1.05 bits per heavy atom. The number of rotatable bonds is 2. The van der Waals surface area contributed by atoms with Crippen LogP contribution in [0.2, 0.25) is 0 Å². The summed E-state index contributed by atoms with van der Waals surface area (Å²) in [7, 11) is 0. The summed E-state index contributed by atoms with van der Waals surface area (Å²) < 4.78 is 0. The minimum atomic E-state index is -0.465. The molecule has 1 aliphatic heterocycles. The van der Waals surface area contributed by atoms with Gasteiger partial charge >= 0.3 is 0 Å². The monoisotopic (exact) mass is 278 g/mol. The van der Waals surface area contributed by atoms with Gasteiger partial charge in [-0.3, -0.25) is 9.59 Å². The smallest absolute Gasteiger partial charge is 0.266 e. The van der Waals surface area contributed by atoms with Gasteiger partial charge in [0, 0.05) is 4.91 Å². The van der Waals surface area contributed by atoms with Gasteiger partial charge in [-0.15, -0.1) is 0 Å². The summed E-state index contributed by atoms with van der Waals surface area (Å²) >= 11 is 0. The van der Waals surface area contributed by atoms with Gasteiger partial charge in [0.05, 0.1) is 22.5 Å². The van der Waals surface area contributed by atoms with Crippen LogP contribution in [-0.2, 0) is 0 Å². The van der Waals surface area contributed by atoms with Crippen LogP contribution in [0, 0.1) is 6.92 Å². The molecule has 3 rings (SSSR count). The number of amides is 2. The average Bonchev–Trinajstić information content (AvgIpc) is 2.73. The Kier molecular flexibility index (Phi) is 2.93. The van der Waals surface area contributed by atoms with Crippen LogP contribution in [0.4, 0.5) is 11.4 Å². The third kappa shape index (κ3) is 1.86. The molecule has 1 aliphatic rings. The van der Waals surface area contributed by atoms with E-state index in [-0.39, 0.29) is 16.8 Å². The lowest BCUT2D eigenvalue weighted by Gasteiger charge is -2.16. The number of aryl methyl sites for hydroxylation is 1. The van der Waals surface area contributed by atoms with Crippen molar-refractivity contribution in [1.29, 1.82) is 0 Å². The Labute approximate surface area is 120 Å². The Morgan fingerprint density at radius 2 is 1.81 bits per heavy atom. The molecule has 0 spiro atoms. The summed E-state index contributed by atoms with van der Waals surface area (Å²) in [6, 6.07) is 11.8. The Balaban J connectivity index is 2.20. The van der Waals surface area contributed by atoms with E-state index in [1.807, 2.05) is 19.1 Å². The third-order valence-corrected chi connectivity index (χ3v) is 3.40. The first kappa shape index (κ1) is 12.9. The quantitative estimate of drug-likeness (QED) is 0.362. The van der Waals surface area contributed by atoms with E-state index in [0.29, 0.717) is 5.69 Å². The summed E-state index contributed by atoms with van der Waals surface area (Å²) in [6.07, 6.45) is 0. The highest BCUT2D eigenvalue weighted by molar-refractivity contribution is 6.36. The Hall–Kier alpha value is -3.11. The normalized spacial score (nSPS) is 13.1. The number of nitrogens with zero attached hydrogens (tertiary/aromatic N) is 4. The number of azide groups is 1. The SMILES string of the molecule is Cc1ccccc1N1C(=O)c2cccc(N=[N+]=[N-])c2C1=O. The van der Waals surface area contributed by atoms with Gasteiger partial charge in [0.2, 0.25) is 0 Å². The van der Waals surface area contributed by atoms with Crippen molar-refractivity contribution in [2.24, 2.45) is 5.11 Å². The maximum absolute atomic E-state index is 12.6. The molecule has 0 N–H and O–H groups in total. The molecule has 0 unspecified atom stereocenters. The van der Waals surface area contributed by atoms with Crippen LogP contribution in [0.3, 0.4) is 0 Å². The molecule has 0 saturated carbocycles. The van der Waals surface area contributed by atoms with Gasteiger partial charge in [-0.1, -0.05) is 35.4 Å². The first-order valence-corrected chi connectivity index (χ1v) is 6.27. The van der Waals surface area contributed by atoms with E-state index in [1.165, 1.54) is 6.07 Å². The number of imide groups is 1. The van der Waals surface area contributed by atoms with Gasteiger partial charge in [-0.25, -0.2) is 4.90 Å². The molecule has 2 amide bonds. The number of anilines is 1.